The maximum Gasteiger partial charge on any atom is 0.433 e. The fraction of sp³-hybridized carbons (Fsp3) is 0.296. The fourth-order valence-corrected chi connectivity index (χ4v) is 7.06. The van der Waals surface area contributed by atoms with Crippen molar-refractivity contribution in [2.75, 3.05) is 12.1 Å². The zero-order valence-electron chi connectivity index (χ0n) is 21.9. The average Bonchev–Trinajstić information content (AvgIpc) is 3.60. The van der Waals surface area contributed by atoms with Gasteiger partial charge >= 0.3 is 5.88 Å². The number of nitro groups is 1. The van der Waals surface area contributed by atoms with Gasteiger partial charge in [0.1, 0.15) is 4.92 Å². The first kappa shape index (κ1) is 27.6. The standard InChI is InChI=1S/C27H27N5O6S2/c1-18-8-14-23-24(16-18)39-27(29-23)31(28-17-21-11-15-25(38-21)32(34)35)26(33)19-9-12-22(13-10-19)40(36,37)30(2)20-6-4-3-5-7-20/h8-17,20H,3-7H2,1-2H3/b28-17+. The lowest BCUT2D eigenvalue weighted by atomic mass is 9.96. The van der Waals surface area contributed by atoms with E-state index in [0.29, 0.717) is 5.52 Å². The second kappa shape index (κ2) is 11.3. The molecule has 4 aromatic rings. The van der Waals surface area contributed by atoms with E-state index in [1.165, 1.54) is 58.3 Å². The molecule has 11 nitrogen and oxygen atoms in total. The van der Waals surface area contributed by atoms with Crippen molar-refractivity contribution < 1.29 is 22.6 Å². The van der Waals surface area contributed by atoms with Gasteiger partial charge in [-0.25, -0.2) is 13.4 Å². The molecule has 5 rings (SSSR count). The Morgan fingerprint density at radius 1 is 1.12 bits per heavy atom. The van der Waals surface area contributed by atoms with Crippen molar-refractivity contribution in [1.82, 2.24) is 9.29 Å². The number of amides is 1. The van der Waals surface area contributed by atoms with Gasteiger partial charge in [-0.1, -0.05) is 36.7 Å². The molecule has 0 unspecified atom stereocenters. The summed E-state index contributed by atoms with van der Waals surface area (Å²) in [6, 6.07) is 14.0. The minimum atomic E-state index is -3.72. The summed E-state index contributed by atoms with van der Waals surface area (Å²) in [6.45, 7) is 1.95. The number of hydrogen-bond donors (Lipinski definition) is 0. The molecule has 0 spiro atoms. The summed E-state index contributed by atoms with van der Waals surface area (Å²) >= 11 is 1.25. The molecule has 2 aromatic heterocycles. The highest BCUT2D eigenvalue weighted by Gasteiger charge is 2.29. The number of carbonyl (C=O) groups excluding carboxylic acids is 1. The zero-order chi connectivity index (χ0) is 28.4. The van der Waals surface area contributed by atoms with Gasteiger partial charge in [0.2, 0.25) is 15.2 Å². The summed E-state index contributed by atoms with van der Waals surface area (Å²) in [5, 5.41) is 16.6. The summed E-state index contributed by atoms with van der Waals surface area (Å²) in [6.07, 6.45) is 5.99. The van der Waals surface area contributed by atoms with Crippen LogP contribution in [0.15, 0.2) is 69.0 Å². The number of rotatable bonds is 8. The number of sulfonamides is 1. The molecule has 0 saturated heterocycles. The summed E-state index contributed by atoms with van der Waals surface area (Å²) < 4.78 is 33.9. The van der Waals surface area contributed by atoms with Crippen LogP contribution in [0.2, 0.25) is 0 Å². The summed E-state index contributed by atoms with van der Waals surface area (Å²) in [5.74, 6) is -0.934. The molecule has 40 heavy (non-hydrogen) atoms. The Labute approximate surface area is 234 Å². The van der Waals surface area contributed by atoms with E-state index >= 15 is 0 Å². The van der Waals surface area contributed by atoms with Gasteiger partial charge in [-0.3, -0.25) is 14.9 Å². The third-order valence-electron chi connectivity index (χ3n) is 6.87. The van der Waals surface area contributed by atoms with Crippen molar-refractivity contribution in [3.8, 4) is 0 Å². The predicted molar refractivity (Wildman–Crippen MR) is 152 cm³/mol. The Balaban J connectivity index is 1.45. The Morgan fingerprint density at radius 3 is 2.52 bits per heavy atom. The molecule has 0 N–H and O–H groups in total. The predicted octanol–water partition coefficient (Wildman–Crippen LogP) is 5.74. The van der Waals surface area contributed by atoms with Crippen LogP contribution in [-0.2, 0) is 10.0 Å². The Bertz CT molecular complexity index is 1690. The summed E-state index contributed by atoms with van der Waals surface area (Å²) in [7, 11) is -2.12. The third-order valence-corrected chi connectivity index (χ3v) is 9.78. The van der Waals surface area contributed by atoms with Crippen molar-refractivity contribution in [1.29, 1.82) is 0 Å². The molecule has 0 radical (unpaired) electrons. The fourth-order valence-electron chi connectivity index (χ4n) is 4.62. The number of nitrogens with zero attached hydrogens (tertiary/aromatic N) is 5. The van der Waals surface area contributed by atoms with Gasteiger partial charge in [-0.2, -0.15) is 14.4 Å². The molecule has 1 aliphatic rings. The van der Waals surface area contributed by atoms with Crippen molar-refractivity contribution in [2.45, 2.75) is 50.0 Å². The molecule has 1 saturated carbocycles. The quantitative estimate of drug-likeness (QED) is 0.147. The van der Waals surface area contributed by atoms with Gasteiger partial charge in [0.15, 0.2) is 5.76 Å². The molecule has 0 atom stereocenters. The number of hydrogen-bond acceptors (Lipinski definition) is 9. The number of fused-ring (bicyclic) bond motifs is 1. The summed E-state index contributed by atoms with van der Waals surface area (Å²) in [4.78, 5) is 28.6. The highest BCUT2D eigenvalue weighted by atomic mass is 32.2. The molecular formula is C27H27N5O6S2. The van der Waals surface area contributed by atoms with Crippen LogP contribution in [0.4, 0.5) is 11.0 Å². The minimum absolute atomic E-state index is 0.0371. The molecule has 2 heterocycles. The number of furan rings is 1. The van der Waals surface area contributed by atoms with Crippen molar-refractivity contribution >= 4 is 54.7 Å². The normalized spacial score (nSPS) is 14.8. The number of anilines is 1. The number of hydrazone groups is 1. The third kappa shape index (κ3) is 5.67. The molecule has 1 aliphatic carbocycles. The van der Waals surface area contributed by atoms with E-state index in [-0.39, 0.29) is 27.4 Å². The lowest BCUT2D eigenvalue weighted by Crippen LogP contribution is -2.38. The number of thiazole rings is 1. The monoisotopic (exact) mass is 581 g/mol. The minimum Gasteiger partial charge on any atom is -0.400 e. The molecule has 13 heteroatoms. The van der Waals surface area contributed by atoms with Crippen LogP contribution in [0, 0.1) is 17.0 Å². The molecule has 0 bridgehead atoms. The summed E-state index contributed by atoms with van der Waals surface area (Å²) in [5.41, 5.74) is 1.90. The van der Waals surface area contributed by atoms with Gasteiger partial charge in [-0.05, 0) is 67.8 Å². The topological polar surface area (TPSA) is 139 Å². The van der Waals surface area contributed by atoms with E-state index in [1.807, 2.05) is 25.1 Å². The van der Waals surface area contributed by atoms with Crippen LogP contribution >= 0.6 is 11.3 Å². The number of aromatic nitrogens is 1. The van der Waals surface area contributed by atoms with Crippen LogP contribution in [-0.4, -0.2) is 47.8 Å². The lowest BCUT2D eigenvalue weighted by molar-refractivity contribution is -0.402. The van der Waals surface area contributed by atoms with E-state index in [9.17, 15) is 23.3 Å². The molecule has 1 fully saturated rings. The number of carbonyl (C=O) groups is 1. The van der Waals surface area contributed by atoms with Crippen LogP contribution in [0.5, 0.6) is 0 Å². The Kier molecular flexibility index (Phi) is 7.79. The van der Waals surface area contributed by atoms with Gasteiger partial charge < -0.3 is 4.42 Å². The molecule has 208 valence electrons. The van der Waals surface area contributed by atoms with E-state index < -0.39 is 26.7 Å². The highest BCUT2D eigenvalue weighted by Crippen LogP contribution is 2.31. The van der Waals surface area contributed by atoms with Gasteiger partial charge in [-0.15, -0.1) is 0 Å². The largest absolute Gasteiger partial charge is 0.433 e. The Hall–Kier alpha value is -3.94. The maximum atomic E-state index is 13.6. The maximum absolute atomic E-state index is 13.6. The van der Waals surface area contributed by atoms with Crippen LogP contribution < -0.4 is 5.01 Å². The molecule has 0 aliphatic heterocycles. The number of aryl methyl sites for hydroxylation is 1. The van der Waals surface area contributed by atoms with E-state index in [4.69, 9.17) is 4.42 Å². The zero-order valence-corrected chi connectivity index (χ0v) is 23.5. The highest BCUT2D eigenvalue weighted by molar-refractivity contribution is 7.89. The molecular weight excluding hydrogens is 554 g/mol. The van der Waals surface area contributed by atoms with Crippen LogP contribution in [0.1, 0.15) is 53.8 Å². The van der Waals surface area contributed by atoms with Crippen molar-refractivity contribution in [2.24, 2.45) is 5.10 Å². The molecule has 2 aromatic carbocycles. The van der Waals surface area contributed by atoms with Crippen LogP contribution in [0.3, 0.4) is 0 Å². The smallest absolute Gasteiger partial charge is 0.400 e. The van der Waals surface area contributed by atoms with E-state index in [1.54, 1.807) is 7.05 Å². The van der Waals surface area contributed by atoms with Crippen molar-refractivity contribution in [3.05, 3.63) is 81.6 Å². The van der Waals surface area contributed by atoms with Crippen molar-refractivity contribution in [3.63, 3.8) is 0 Å². The first-order chi connectivity index (χ1) is 19.1. The SMILES string of the molecule is Cc1ccc2nc(N(/N=C/c3ccc([N+](=O)[O-])o3)C(=O)c3ccc(S(=O)(=O)N(C)C4CCCCC4)cc3)sc2c1. The first-order valence-corrected chi connectivity index (χ1v) is 15.0. The number of benzene rings is 2. The van der Waals surface area contributed by atoms with E-state index in [2.05, 4.69) is 10.1 Å². The van der Waals surface area contributed by atoms with Gasteiger partial charge in [0.25, 0.3) is 5.91 Å². The average molecular weight is 582 g/mol. The van der Waals surface area contributed by atoms with Gasteiger partial charge in [0.05, 0.1) is 27.4 Å². The van der Waals surface area contributed by atoms with E-state index in [0.717, 1.165) is 47.4 Å². The Morgan fingerprint density at radius 2 is 1.85 bits per heavy atom. The second-order valence-corrected chi connectivity index (χ2v) is 12.6. The first-order valence-electron chi connectivity index (χ1n) is 12.7. The second-order valence-electron chi connectivity index (χ2n) is 9.60. The molecule has 1 amide bonds. The van der Waals surface area contributed by atoms with Gasteiger partial charge in [0, 0.05) is 18.7 Å². The van der Waals surface area contributed by atoms with Crippen LogP contribution in [0.25, 0.3) is 10.2 Å². The lowest BCUT2D eigenvalue weighted by Gasteiger charge is -2.30.